The molecule has 6 aliphatic rings. The zero-order chi connectivity index (χ0) is 33.3. The molecule has 8 heteroatoms. The van der Waals surface area contributed by atoms with E-state index in [1.807, 2.05) is 23.6 Å². The van der Waals surface area contributed by atoms with Gasteiger partial charge in [-0.05, 0) is 106 Å². The van der Waals surface area contributed by atoms with Gasteiger partial charge in [0.1, 0.15) is 0 Å². The Balaban J connectivity index is 0.000000639. The third kappa shape index (κ3) is 14.1. The molecule has 2 amide bonds. The molecule has 6 rings (SSSR count). The normalized spacial score (nSPS) is 19.7. The zero-order valence-electron chi connectivity index (χ0n) is 30.5. The topological polar surface area (TPSA) is 53.6 Å². The Kier molecular flexibility index (Phi) is 23.7. The Morgan fingerprint density at radius 3 is 0.735 bits per heavy atom. The van der Waals surface area contributed by atoms with Crippen LogP contribution < -0.4 is 0 Å². The first-order valence-corrected chi connectivity index (χ1v) is 18.9. The van der Waals surface area contributed by atoms with Crippen molar-refractivity contribution < 1.29 is 9.59 Å². The van der Waals surface area contributed by atoms with Crippen LogP contribution in [0.4, 0.5) is 0 Å². The van der Waals surface area contributed by atoms with Crippen LogP contribution in [-0.2, 0) is 9.59 Å². The maximum absolute atomic E-state index is 10.7. The second-order valence-electron chi connectivity index (χ2n) is 12.9. The number of allylic oxidation sites excluding steroid dienone is 2. The van der Waals surface area contributed by atoms with Gasteiger partial charge in [-0.15, -0.1) is 0 Å². The first-order valence-electron chi connectivity index (χ1n) is 18.9. The second kappa shape index (κ2) is 25.2. The van der Waals surface area contributed by atoms with Crippen LogP contribution in [-0.4, -0.2) is 120 Å². The van der Waals surface area contributed by atoms with Crippen LogP contribution >= 0.6 is 0 Å². The number of amides is 2. The molecule has 0 N–H and O–H groups in total. The smallest absolute Gasteiger partial charge is 0.222 e. The number of hydrogen-bond donors (Lipinski definition) is 0. The fourth-order valence-corrected chi connectivity index (χ4v) is 7.29. The number of carbonyl (C=O) groups excluding carboxylic acids is 2. The molecule has 284 valence electrons. The summed E-state index contributed by atoms with van der Waals surface area (Å²) in [4.78, 5) is 35.1. The number of likely N-dealkylation sites (tertiary alicyclic amines) is 6. The molecule has 0 radical (unpaired) electrons. The molecule has 0 unspecified atom stereocenters. The van der Waals surface area contributed by atoms with E-state index in [1.54, 1.807) is 0 Å². The van der Waals surface area contributed by atoms with Crippen LogP contribution in [0.3, 0.4) is 0 Å². The van der Waals surface area contributed by atoms with Gasteiger partial charge in [-0.25, -0.2) is 0 Å². The van der Waals surface area contributed by atoms with Crippen LogP contribution in [0, 0.1) is 0 Å². The molecule has 0 atom stereocenters. The van der Waals surface area contributed by atoms with Crippen LogP contribution in [0.15, 0.2) is 34.3 Å². The van der Waals surface area contributed by atoms with Crippen LogP contribution in [0.5, 0.6) is 0 Å². The maximum Gasteiger partial charge on any atom is 0.222 e. The fraction of sp³-hybridized carbons (Fsp3) is 0.805. The Morgan fingerprint density at radius 2 is 0.571 bits per heavy atom. The van der Waals surface area contributed by atoms with Gasteiger partial charge < -0.3 is 29.4 Å². The molecule has 0 bridgehead atoms. The van der Waals surface area contributed by atoms with Crippen molar-refractivity contribution in [3.05, 3.63) is 34.3 Å². The number of carbonyl (C=O) groups is 2. The van der Waals surface area contributed by atoms with E-state index in [9.17, 15) is 9.59 Å². The van der Waals surface area contributed by atoms with E-state index in [0.717, 1.165) is 78.0 Å². The highest BCUT2D eigenvalue weighted by atomic mass is 16.2. The standard InChI is InChI=1S/2C13H22N2.2C6H11NO.3CH4/c2*1-3-14-9-5-7-12(14)11-13-8-6-10-15(13)4-2;2*1-2-7-5-3-4-6(7)8;;;/h2*3-10H2,1-2H3;2*2-5H2,1H3;3*1H4. The largest absolute Gasteiger partial charge is 0.369 e. The van der Waals surface area contributed by atoms with Crippen LogP contribution in [0.1, 0.15) is 141 Å². The summed E-state index contributed by atoms with van der Waals surface area (Å²) in [7, 11) is 0. The molecule has 6 fully saturated rings. The Labute approximate surface area is 303 Å². The lowest BCUT2D eigenvalue weighted by Crippen LogP contribution is -2.23. The monoisotopic (exact) mass is 687 g/mol. The summed E-state index contributed by atoms with van der Waals surface area (Å²) in [6.45, 7) is 26.2. The van der Waals surface area contributed by atoms with E-state index < -0.39 is 0 Å². The zero-order valence-corrected chi connectivity index (χ0v) is 30.5. The molecule has 49 heavy (non-hydrogen) atoms. The second-order valence-corrected chi connectivity index (χ2v) is 12.9. The highest BCUT2D eigenvalue weighted by Crippen LogP contribution is 2.25. The molecular weight excluding hydrogens is 608 g/mol. The van der Waals surface area contributed by atoms with Gasteiger partial charge in [-0.3, -0.25) is 9.59 Å². The first kappa shape index (κ1) is 46.2. The molecule has 6 aliphatic heterocycles. The Bertz CT molecular complexity index is 965. The minimum absolute atomic E-state index is 0. The van der Waals surface area contributed by atoms with Crippen molar-refractivity contribution in [2.45, 2.75) is 141 Å². The van der Waals surface area contributed by atoms with Gasteiger partial charge in [-0.1, -0.05) is 33.7 Å². The summed E-state index contributed by atoms with van der Waals surface area (Å²) in [5.74, 6) is 0.653. The molecular formula is C41H78N6O2. The summed E-state index contributed by atoms with van der Waals surface area (Å²) in [6.07, 6.45) is 13.9. The van der Waals surface area contributed by atoms with Gasteiger partial charge in [0.05, 0.1) is 22.8 Å². The van der Waals surface area contributed by atoms with Crippen molar-refractivity contribution in [1.29, 1.82) is 0 Å². The quantitative estimate of drug-likeness (QED) is 0.262. The van der Waals surface area contributed by atoms with E-state index in [-0.39, 0.29) is 22.3 Å². The highest BCUT2D eigenvalue weighted by Gasteiger charge is 2.20. The molecule has 0 aromatic rings. The van der Waals surface area contributed by atoms with Gasteiger partial charge in [0.2, 0.25) is 11.8 Å². The van der Waals surface area contributed by atoms with Gasteiger partial charge in [0.15, 0.2) is 0 Å². The number of nitrogens with zero attached hydrogens (tertiary/aromatic N) is 6. The lowest BCUT2D eigenvalue weighted by molar-refractivity contribution is -0.128. The van der Waals surface area contributed by atoms with Crippen molar-refractivity contribution in [1.82, 2.24) is 29.4 Å². The van der Waals surface area contributed by atoms with E-state index in [2.05, 4.69) is 58.8 Å². The van der Waals surface area contributed by atoms with Crippen molar-refractivity contribution in [2.24, 2.45) is 0 Å². The highest BCUT2D eigenvalue weighted by molar-refractivity contribution is 5.78. The average Bonchev–Trinajstić information content (AvgIpc) is 3.92. The Hall–Kier alpha value is -2.82. The van der Waals surface area contributed by atoms with Crippen molar-refractivity contribution >= 4 is 11.8 Å². The number of rotatable bonds is 6. The Morgan fingerprint density at radius 1 is 0.367 bits per heavy atom. The molecule has 0 spiro atoms. The molecule has 0 aliphatic carbocycles. The van der Waals surface area contributed by atoms with Crippen LogP contribution in [0.25, 0.3) is 0 Å². The molecule has 6 heterocycles. The first-order chi connectivity index (χ1) is 22.4. The summed E-state index contributed by atoms with van der Waals surface area (Å²) in [5, 5.41) is 0. The lowest BCUT2D eigenvalue weighted by Gasteiger charge is -2.18. The predicted octanol–water partition coefficient (Wildman–Crippen LogP) is 8.33. The van der Waals surface area contributed by atoms with Crippen molar-refractivity contribution in [3.63, 3.8) is 0 Å². The van der Waals surface area contributed by atoms with Gasteiger partial charge in [0.25, 0.3) is 0 Å². The molecule has 6 saturated heterocycles. The van der Waals surface area contributed by atoms with E-state index in [0.29, 0.717) is 11.8 Å². The fourth-order valence-electron chi connectivity index (χ4n) is 7.29. The molecule has 0 aromatic carbocycles. The van der Waals surface area contributed by atoms with Crippen molar-refractivity contribution in [3.8, 4) is 0 Å². The summed E-state index contributed by atoms with van der Waals surface area (Å²) in [5.41, 5.74) is 13.1. The number of hydrogen-bond acceptors (Lipinski definition) is 6. The van der Waals surface area contributed by atoms with Gasteiger partial charge >= 0.3 is 0 Å². The SMILES string of the molecule is C.C.C.CCN1CCCC1=C=C1CCCN1CC.CCN1CCCC1=C=C1CCCN1CC.CCN1CCCC1=O.CCN1CCCC1=O. The van der Waals surface area contributed by atoms with E-state index >= 15 is 0 Å². The molecule has 0 aromatic heterocycles. The average molecular weight is 687 g/mol. The third-order valence-corrected chi connectivity index (χ3v) is 10.1. The molecule has 0 saturated carbocycles. The summed E-state index contributed by atoms with van der Waals surface area (Å²) >= 11 is 0. The minimum Gasteiger partial charge on any atom is -0.369 e. The van der Waals surface area contributed by atoms with Gasteiger partial charge in [0, 0.05) is 91.4 Å². The van der Waals surface area contributed by atoms with Gasteiger partial charge in [-0.2, -0.15) is 0 Å². The van der Waals surface area contributed by atoms with E-state index in [4.69, 9.17) is 0 Å². The third-order valence-electron chi connectivity index (χ3n) is 10.1. The van der Waals surface area contributed by atoms with E-state index in [1.165, 1.54) is 100 Å². The predicted molar refractivity (Wildman–Crippen MR) is 210 cm³/mol. The van der Waals surface area contributed by atoms with Crippen molar-refractivity contribution in [2.75, 3.05) is 78.5 Å². The maximum atomic E-state index is 10.7. The minimum atomic E-state index is 0. The summed E-state index contributed by atoms with van der Waals surface area (Å²) in [6, 6.07) is 0. The lowest BCUT2D eigenvalue weighted by atomic mass is 10.2. The summed E-state index contributed by atoms with van der Waals surface area (Å²) < 4.78 is 0. The van der Waals surface area contributed by atoms with Crippen LogP contribution in [0.2, 0.25) is 0 Å². The molecule has 8 nitrogen and oxygen atoms in total.